The van der Waals surface area contributed by atoms with Crippen molar-refractivity contribution in [2.24, 2.45) is 4.99 Å². The molecule has 3 heteroatoms. The highest BCUT2D eigenvalue weighted by molar-refractivity contribution is 7.12. The van der Waals surface area contributed by atoms with Crippen molar-refractivity contribution in [2.45, 2.75) is 6.42 Å². The third kappa shape index (κ3) is 3.62. The number of ether oxygens (including phenoxy) is 1. The van der Waals surface area contributed by atoms with Gasteiger partial charge >= 0.3 is 0 Å². The van der Waals surface area contributed by atoms with Gasteiger partial charge in [0.2, 0.25) is 0 Å². The van der Waals surface area contributed by atoms with Gasteiger partial charge in [-0.3, -0.25) is 4.99 Å². The first-order chi connectivity index (χ1) is 10.8. The molecule has 110 valence electrons. The number of hydrogen-bond donors (Lipinski definition) is 0. The van der Waals surface area contributed by atoms with Crippen LogP contribution in [0.1, 0.15) is 10.4 Å². The number of rotatable bonds is 5. The van der Waals surface area contributed by atoms with Gasteiger partial charge in [-0.2, -0.15) is 0 Å². The molecule has 0 fully saturated rings. The van der Waals surface area contributed by atoms with E-state index in [4.69, 9.17) is 9.73 Å². The van der Waals surface area contributed by atoms with Crippen LogP contribution in [0.2, 0.25) is 0 Å². The Bertz CT molecular complexity index is 731. The van der Waals surface area contributed by atoms with Crippen molar-refractivity contribution in [3.63, 3.8) is 0 Å². The molecule has 0 radical (unpaired) electrons. The maximum absolute atomic E-state index is 5.20. The van der Waals surface area contributed by atoms with Crippen LogP contribution in [0.15, 0.2) is 77.1 Å². The fraction of sp³-hybridized carbons (Fsp3) is 0.105. The molecule has 0 atom stereocenters. The molecule has 0 bridgehead atoms. The molecule has 3 aromatic rings. The fourth-order valence-corrected chi connectivity index (χ4v) is 2.94. The first-order valence-corrected chi connectivity index (χ1v) is 8.02. The largest absolute Gasteiger partial charge is 0.497 e. The average Bonchev–Trinajstić information content (AvgIpc) is 3.10. The lowest BCUT2D eigenvalue weighted by Crippen LogP contribution is -2.02. The minimum atomic E-state index is 0.827. The Hall–Kier alpha value is -2.39. The van der Waals surface area contributed by atoms with Gasteiger partial charge < -0.3 is 4.74 Å². The van der Waals surface area contributed by atoms with Crippen molar-refractivity contribution in [3.8, 4) is 5.75 Å². The molecule has 0 aliphatic rings. The summed E-state index contributed by atoms with van der Waals surface area (Å²) in [6.07, 6.45) is 0.827. The van der Waals surface area contributed by atoms with E-state index in [1.165, 1.54) is 10.4 Å². The molecular weight excluding hydrogens is 290 g/mol. The second kappa shape index (κ2) is 7.05. The monoisotopic (exact) mass is 307 g/mol. The first-order valence-electron chi connectivity index (χ1n) is 7.14. The standard InChI is InChI=1S/C19H17NOS/c1-21-17-11-9-16(10-12-17)20-18(19-8-5-13-22-19)14-15-6-3-2-4-7-15/h2-13H,14H2,1H3. The van der Waals surface area contributed by atoms with Gasteiger partial charge in [-0.1, -0.05) is 36.4 Å². The lowest BCUT2D eigenvalue weighted by molar-refractivity contribution is 0.415. The number of nitrogens with zero attached hydrogens (tertiary/aromatic N) is 1. The molecule has 0 unspecified atom stereocenters. The molecule has 0 spiro atoms. The summed E-state index contributed by atoms with van der Waals surface area (Å²) in [5, 5.41) is 2.09. The van der Waals surface area contributed by atoms with Gasteiger partial charge in [0, 0.05) is 11.3 Å². The van der Waals surface area contributed by atoms with E-state index >= 15 is 0 Å². The molecule has 1 heterocycles. The van der Waals surface area contributed by atoms with Gasteiger partial charge in [0.05, 0.1) is 18.5 Å². The maximum Gasteiger partial charge on any atom is 0.119 e. The normalized spacial score (nSPS) is 11.4. The van der Waals surface area contributed by atoms with Gasteiger partial charge in [-0.05, 0) is 41.3 Å². The second-order valence-corrected chi connectivity index (χ2v) is 5.84. The Morgan fingerprint density at radius 2 is 1.73 bits per heavy atom. The topological polar surface area (TPSA) is 21.6 Å². The molecular formula is C19H17NOS. The summed E-state index contributed by atoms with van der Waals surface area (Å²) in [6, 6.07) is 22.5. The Labute approximate surface area is 134 Å². The fourth-order valence-electron chi connectivity index (χ4n) is 2.23. The van der Waals surface area contributed by atoms with Crippen molar-refractivity contribution < 1.29 is 4.74 Å². The predicted octanol–water partition coefficient (Wildman–Crippen LogP) is 5.12. The number of aliphatic imine (C=N–C) groups is 1. The van der Waals surface area contributed by atoms with E-state index < -0.39 is 0 Å². The molecule has 0 saturated heterocycles. The maximum atomic E-state index is 5.20. The summed E-state index contributed by atoms with van der Waals surface area (Å²) in [7, 11) is 1.67. The van der Waals surface area contributed by atoms with E-state index in [0.29, 0.717) is 0 Å². The number of thiophene rings is 1. The third-order valence-corrected chi connectivity index (χ3v) is 4.28. The molecule has 0 amide bonds. The smallest absolute Gasteiger partial charge is 0.119 e. The van der Waals surface area contributed by atoms with Crippen LogP contribution in [0.4, 0.5) is 5.69 Å². The molecule has 0 saturated carbocycles. The minimum Gasteiger partial charge on any atom is -0.497 e. The second-order valence-electron chi connectivity index (χ2n) is 4.90. The quantitative estimate of drug-likeness (QED) is 0.599. The number of methoxy groups -OCH3 is 1. The molecule has 3 rings (SSSR count). The highest BCUT2D eigenvalue weighted by atomic mass is 32.1. The van der Waals surface area contributed by atoms with Crippen LogP contribution in [-0.2, 0) is 6.42 Å². The molecule has 2 aromatic carbocycles. The van der Waals surface area contributed by atoms with E-state index in [1.54, 1.807) is 18.4 Å². The summed E-state index contributed by atoms with van der Waals surface area (Å²) in [4.78, 5) is 6.05. The van der Waals surface area contributed by atoms with Crippen LogP contribution < -0.4 is 4.74 Å². The summed E-state index contributed by atoms with van der Waals surface area (Å²) < 4.78 is 5.20. The van der Waals surface area contributed by atoms with Crippen LogP contribution in [0, 0.1) is 0 Å². The summed E-state index contributed by atoms with van der Waals surface area (Å²) >= 11 is 1.72. The van der Waals surface area contributed by atoms with E-state index in [2.05, 4.69) is 41.8 Å². The molecule has 1 aromatic heterocycles. The zero-order chi connectivity index (χ0) is 15.2. The van der Waals surface area contributed by atoms with Crippen LogP contribution in [0.3, 0.4) is 0 Å². The Morgan fingerprint density at radius 3 is 2.36 bits per heavy atom. The zero-order valence-corrected chi connectivity index (χ0v) is 13.2. The average molecular weight is 307 g/mol. The van der Waals surface area contributed by atoms with Crippen LogP contribution in [-0.4, -0.2) is 12.8 Å². The minimum absolute atomic E-state index is 0.827. The zero-order valence-electron chi connectivity index (χ0n) is 12.4. The van der Waals surface area contributed by atoms with Crippen molar-refractivity contribution in [2.75, 3.05) is 7.11 Å². The summed E-state index contributed by atoms with van der Waals surface area (Å²) in [5.41, 5.74) is 3.30. The van der Waals surface area contributed by atoms with Crippen LogP contribution >= 0.6 is 11.3 Å². The van der Waals surface area contributed by atoms with E-state index in [0.717, 1.165) is 23.6 Å². The van der Waals surface area contributed by atoms with Crippen molar-refractivity contribution in [1.82, 2.24) is 0 Å². The van der Waals surface area contributed by atoms with Crippen LogP contribution in [0.5, 0.6) is 5.75 Å². The van der Waals surface area contributed by atoms with E-state index in [1.807, 2.05) is 30.3 Å². The first kappa shape index (κ1) is 14.5. The third-order valence-electron chi connectivity index (χ3n) is 3.36. The molecule has 2 nitrogen and oxygen atoms in total. The van der Waals surface area contributed by atoms with Gasteiger partial charge in [-0.25, -0.2) is 0 Å². The van der Waals surface area contributed by atoms with Gasteiger partial charge in [0.15, 0.2) is 0 Å². The lowest BCUT2D eigenvalue weighted by atomic mass is 10.1. The van der Waals surface area contributed by atoms with Gasteiger partial charge in [-0.15, -0.1) is 11.3 Å². The number of hydrogen-bond acceptors (Lipinski definition) is 3. The Balaban J connectivity index is 1.92. The van der Waals surface area contributed by atoms with Gasteiger partial charge in [0.1, 0.15) is 5.75 Å². The SMILES string of the molecule is COc1ccc(N=C(Cc2ccccc2)c2cccs2)cc1. The van der Waals surface area contributed by atoms with E-state index in [-0.39, 0.29) is 0 Å². The molecule has 22 heavy (non-hydrogen) atoms. The predicted molar refractivity (Wildman–Crippen MR) is 93.7 cm³/mol. The molecule has 0 aliphatic heterocycles. The summed E-state index contributed by atoms with van der Waals surface area (Å²) in [5.74, 6) is 0.847. The highest BCUT2D eigenvalue weighted by Crippen LogP contribution is 2.21. The Morgan fingerprint density at radius 1 is 0.955 bits per heavy atom. The van der Waals surface area contributed by atoms with Crippen molar-refractivity contribution in [1.29, 1.82) is 0 Å². The molecule has 0 N–H and O–H groups in total. The van der Waals surface area contributed by atoms with Crippen molar-refractivity contribution in [3.05, 3.63) is 82.6 Å². The van der Waals surface area contributed by atoms with Crippen molar-refractivity contribution >= 4 is 22.7 Å². The Kier molecular flexibility index (Phi) is 4.66. The highest BCUT2D eigenvalue weighted by Gasteiger charge is 2.07. The lowest BCUT2D eigenvalue weighted by Gasteiger charge is -2.06. The van der Waals surface area contributed by atoms with E-state index in [9.17, 15) is 0 Å². The summed E-state index contributed by atoms with van der Waals surface area (Å²) in [6.45, 7) is 0. The number of benzene rings is 2. The molecule has 0 aliphatic carbocycles. The van der Waals surface area contributed by atoms with Crippen LogP contribution in [0.25, 0.3) is 0 Å². The van der Waals surface area contributed by atoms with Gasteiger partial charge in [0.25, 0.3) is 0 Å².